The van der Waals surface area contributed by atoms with Gasteiger partial charge in [-0.15, -0.1) is 0 Å². The van der Waals surface area contributed by atoms with Crippen molar-refractivity contribution in [2.75, 3.05) is 0 Å². The molecule has 2 rings (SSSR count). The third-order valence-electron chi connectivity index (χ3n) is 2.32. The number of nitrogens with one attached hydrogen (secondary N) is 1. The first-order chi connectivity index (χ1) is 7.61. The average molecular weight is 224 g/mol. The Labute approximate surface area is 90.8 Å². The number of aliphatic hydroxyl groups excluding tert-OH is 1. The van der Waals surface area contributed by atoms with Gasteiger partial charge in [0.15, 0.2) is 0 Å². The van der Waals surface area contributed by atoms with Crippen LogP contribution in [-0.4, -0.2) is 15.1 Å². The summed E-state index contributed by atoms with van der Waals surface area (Å²) in [5, 5.41) is 8.80. The highest BCUT2D eigenvalue weighted by atomic mass is 19.1. The van der Waals surface area contributed by atoms with Crippen molar-refractivity contribution >= 4 is 0 Å². The molecular weight excluding hydrogens is 214 g/mol. The first kappa shape index (κ1) is 10.8. The number of halogens is 2. The highest BCUT2D eigenvalue weighted by Gasteiger charge is 2.11. The number of aromatic nitrogens is 2. The van der Waals surface area contributed by atoms with Crippen molar-refractivity contribution in [2.24, 2.45) is 0 Å². The molecule has 0 amide bonds. The van der Waals surface area contributed by atoms with E-state index in [2.05, 4.69) is 9.97 Å². The molecule has 1 aromatic heterocycles. The number of benzene rings is 1. The summed E-state index contributed by atoms with van der Waals surface area (Å²) in [5.74, 6) is -0.682. The van der Waals surface area contributed by atoms with Crippen molar-refractivity contribution in [3.63, 3.8) is 0 Å². The fourth-order valence-electron chi connectivity index (χ4n) is 1.43. The molecule has 0 bridgehead atoms. The number of hydrogen-bond donors (Lipinski definition) is 2. The normalized spacial score (nSPS) is 10.8. The molecule has 5 heteroatoms. The second-order valence-electron chi connectivity index (χ2n) is 3.48. The van der Waals surface area contributed by atoms with E-state index in [-0.39, 0.29) is 17.7 Å². The van der Waals surface area contributed by atoms with Crippen LogP contribution in [0.2, 0.25) is 0 Å². The van der Waals surface area contributed by atoms with Crippen molar-refractivity contribution in [1.29, 1.82) is 0 Å². The van der Waals surface area contributed by atoms with Gasteiger partial charge >= 0.3 is 0 Å². The van der Waals surface area contributed by atoms with Gasteiger partial charge in [-0.1, -0.05) is 0 Å². The predicted octanol–water partition coefficient (Wildman–Crippen LogP) is 2.16. The van der Waals surface area contributed by atoms with Crippen LogP contribution in [0.1, 0.15) is 11.4 Å². The van der Waals surface area contributed by atoms with Gasteiger partial charge in [0.2, 0.25) is 0 Å². The van der Waals surface area contributed by atoms with E-state index in [1.165, 1.54) is 13.1 Å². The van der Waals surface area contributed by atoms with Crippen LogP contribution in [0.25, 0.3) is 11.3 Å². The molecular formula is C11H10F2N2O. The topological polar surface area (TPSA) is 48.9 Å². The molecule has 0 saturated carbocycles. The Morgan fingerprint density at radius 3 is 2.69 bits per heavy atom. The maximum atomic E-state index is 13.6. The van der Waals surface area contributed by atoms with E-state index in [1.54, 1.807) is 0 Å². The Morgan fingerprint density at radius 1 is 1.31 bits per heavy atom. The number of rotatable bonds is 2. The van der Waals surface area contributed by atoms with Crippen molar-refractivity contribution in [1.82, 2.24) is 9.97 Å². The fourth-order valence-corrected chi connectivity index (χ4v) is 1.43. The van der Waals surface area contributed by atoms with Crippen LogP contribution in [0, 0.1) is 18.6 Å². The molecule has 0 saturated heterocycles. The molecule has 2 N–H and O–H groups in total. The maximum Gasteiger partial charge on any atom is 0.133 e. The smallest absolute Gasteiger partial charge is 0.133 e. The monoisotopic (exact) mass is 224 g/mol. The maximum absolute atomic E-state index is 13.6. The lowest BCUT2D eigenvalue weighted by atomic mass is 10.1. The third-order valence-corrected chi connectivity index (χ3v) is 2.32. The van der Waals surface area contributed by atoms with Gasteiger partial charge in [-0.2, -0.15) is 0 Å². The SMILES string of the molecule is Cc1cc(F)c(-c2cnc(CO)[nH]2)cc1F. The molecule has 1 aromatic carbocycles. The Kier molecular flexibility index (Phi) is 2.70. The highest BCUT2D eigenvalue weighted by Crippen LogP contribution is 2.23. The number of hydrogen-bond acceptors (Lipinski definition) is 2. The minimum absolute atomic E-state index is 0.107. The molecule has 3 nitrogen and oxygen atoms in total. The van der Waals surface area contributed by atoms with Gasteiger partial charge in [-0.05, 0) is 24.6 Å². The lowest BCUT2D eigenvalue weighted by Gasteiger charge is -2.03. The Balaban J connectivity index is 2.51. The number of imidazole rings is 1. The van der Waals surface area contributed by atoms with Crippen LogP contribution < -0.4 is 0 Å². The Morgan fingerprint density at radius 2 is 2.06 bits per heavy atom. The lowest BCUT2D eigenvalue weighted by Crippen LogP contribution is -1.91. The predicted molar refractivity (Wildman–Crippen MR) is 54.6 cm³/mol. The molecule has 0 radical (unpaired) electrons. The second-order valence-corrected chi connectivity index (χ2v) is 3.48. The van der Waals surface area contributed by atoms with Gasteiger partial charge < -0.3 is 10.1 Å². The fraction of sp³-hybridized carbons (Fsp3) is 0.182. The molecule has 16 heavy (non-hydrogen) atoms. The zero-order valence-electron chi connectivity index (χ0n) is 8.59. The lowest BCUT2D eigenvalue weighted by molar-refractivity contribution is 0.272. The third kappa shape index (κ3) is 1.81. The van der Waals surface area contributed by atoms with Crippen LogP contribution in [0.3, 0.4) is 0 Å². The van der Waals surface area contributed by atoms with Crippen molar-refractivity contribution in [2.45, 2.75) is 13.5 Å². The molecule has 0 aliphatic rings. The molecule has 0 spiro atoms. The van der Waals surface area contributed by atoms with Crippen LogP contribution in [0.4, 0.5) is 8.78 Å². The van der Waals surface area contributed by atoms with Gasteiger partial charge in [0.1, 0.15) is 24.1 Å². The van der Waals surface area contributed by atoms with Crippen LogP contribution in [-0.2, 0) is 6.61 Å². The van der Waals surface area contributed by atoms with E-state index < -0.39 is 11.6 Å². The van der Waals surface area contributed by atoms with Crippen LogP contribution >= 0.6 is 0 Å². The number of aryl methyl sites for hydroxylation is 1. The molecule has 0 aliphatic carbocycles. The summed E-state index contributed by atoms with van der Waals surface area (Å²) < 4.78 is 26.8. The van der Waals surface area contributed by atoms with Crippen molar-refractivity contribution in [3.8, 4) is 11.3 Å². The van der Waals surface area contributed by atoms with E-state index in [0.29, 0.717) is 11.5 Å². The summed E-state index contributed by atoms with van der Waals surface area (Å²) in [6, 6.07) is 2.24. The average Bonchev–Trinajstić information content (AvgIpc) is 2.71. The van der Waals surface area contributed by atoms with E-state index >= 15 is 0 Å². The second kappa shape index (κ2) is 4.02. The first-order valence-electron chi connectivity index (χ1n) is 4.72. The van der Waals surface area contributed by atoms with Gasteiger partial charge in [0.25, 0.3) is 0 Å². The zero-order chi connectivity index (χ0) is 11.7. The van der Waals surface area contributed by atoms with E-state index in [4.69, 9.17) is 5.11 Å². The van der Waals surface area contributed by atoms with E-state index in [1.807, 2.05) is 0 Å². The standard InChI is InChI=1S/C11H10F2N2O/c1-6-2-9(13)7(3-8(6)12)10-4-14-11(5-16)15-10/h2-4,16H,5H2,1H3,(H,14,15). The minimum Gasteiger partial charge on any atom is -0.388 e. The van der Waals surface area contributed by atoms with Gasteiger partial charge in [-0.25, -0.2) is 13.8 Å². The number of aromatic amines is 1. The first-order valence-corrected chi connectivity index (χ1v) is 4.72. The summed E-state index contributed by atoms with van der Waals surface area (Å²) in [6.07, 6.45) is 1.36. The van der Waals surface area contributed by atoms with Crippen LogP contribution in [0.5, 0.6) is 0 Å². The molecule has 0 unspecified atom stereocenters. The molecule has 0 aliphatic heterocycles. The quantitative estimate of drug-likeness (QED) is 0.821. The highest BCUT2D eigenvalue weighted by molar-refractivity contribution is 5.60. The van der Waals surface area contributed by atoms with E-state index in [0.717, 1.165) is 12.1 Å². The summed E-state index contributed by atoms with van der Waals surface area (Å²) in [4.78, 5) is 6.51. The summed E-state index contributed by atoms with van der Waals surface area (Å²) in [6.45, 7) is 1.23. The Bertz CT molecular complexity index is 523. The molecule has 0 fully saturated rings. The van der Waals surface area contributed by atoms with E-state index in [9.17, 15) is 8.78 Å². The molecule has 1 heterocycles. The van der Waals surface area contributed by atoms with Gasteiger partial charge in [-0.3, -0.25) is 0 Å². The van der Waals surface area contributed by atoms with Crippen LogP contribution in [0.15, 0.2) is 18.3 Å². The van der Waals surface area contributed by atoms with Gasteiger partial charge in [0.05, 0.1) is 11.9 Å². The molecule has 2 aromatic rings. The van der Waals surface area contributed by atoms with Crippen molar-refractivity contribution in [3.05, 3.63) is 41.4 Å². The number of nitrogens with zero attached hydrogens (tertiary/aromatic N) is 1. The van der Waals surface area contributed by atoms with Gasteiger partial charge in [0, 0.05) is 5.56 Å². The number of H-pyrrole nitrogens is 1. The summed E-state index contributed by atoms with van der Waals surface area (Å²) >= 11 is 0. The molecule has 84 valence electrons. The Hall–Kier alpha value is -1.75. The largest absolute Gasteiger partial charge is 0.388 e. The van der Waals surface area contributed by atoms with Crippen molar-refractivity contribution < 1.29 is 13.9 Å². The zero-order valence-corrected chi connectivity index (χ0v) is 8.59. The summed E-state index contributed by atoms with van der Waals surface area (Å²) in [5.41, 5.74) is 0.707. The summed E-state index contributed by atoms with van der Waals surface area (Å²) in [7, 11) is 0. The molecule has 0 atom stereocenters. The number of aliphatic hydroxyl groups is 1. The minimum atomic E-state index is -0.521.